The fourth-order valence-electron chi connectivity index (χ4n) is 1.79. The highest BCUT2D eigenvalue weighted by atomic mass is 79.9. The van der Waals surface area contributed by atoms with E-state index in [1.54, 1.807) is 0 Å². The van der Waals surface area contributed by atoms with E-state index in [-0.39, 0.29) is 0 Å². The Hall–Kier alpha value is -1.03. The first-order valence-corrected chi connectivity index (χ1v) is 7.17. The summed E-state index contributed by atoms with van der Waals surface area (Å²) < 4.78 is 6.91. The average molecular weight is 341 g/mol. The maximum absolute atomic E-state index is 6.12. The van der Waals surface area contributed by atoms with Crippen molar-refractivity contribution in [2.75, 3.05) is 7.05 Å². The van der Waals surface area contributed by atoms with Gasteiger partial charge in [-0.3, -0.25) is 0 Å². The topological polar surface area (TPSA) is 21.3 Å². The minimum atomic E-state index is 0.470. The number of halogens is 2. The summed E-state index contributed by atoms with van der Waals surface area (Å²) in [6.45, 7) is 1.23. The van der Waals surface area contributed by atoms with Crippen LogP contribution in [0.25, 0.3) is 0 Å². The Morgan fingerprint density at radius 3 is 2.68 bits per heavy atom. The van der Waals surface area contributed by atoms with Crippen molar-refractivity contribution in [2.45, 2.75) is 13.2 Å². The van der Waals surface area contributed by atoms with Crippen molar-refractivity contribution in [3.63, 3.8) is 0 Å². The van der Waals surface area contributed by atoms with Crippen LogP contribution < -0.4 is 10.1 Å². The number of rotatable bonds is 5. The van der Waals surface area contributed by atoms with Gasteiger partial charge in [-0.05, 0) is 31.3 Å². The van der Waals surface area contributed by atoms with Crippen LogP contribution >= 0.6 is 27.5 Å². The molecule has 4 heteroatoms. The number of nitrogens with one attached hydrogen (secondary N) is 1. The fourth-order valence-corrected chi connectivity index (χ4v) is 2.39. The van der Waals surface area contributed by atoms with Gasteiger partial charge in [0.15, 0.2) is 0 Å². The zero-order valence-corrected chi connectivity index (χ0v) is 13.0. The molecule has 0 saturated carbocycles. The van der Waals surface area contributed by atoms with Crippen LogP contribution in [0, 0.1) is 0 Å². The third-order valence-electron chi connectivity index (χ3n) is 2.73. The van der Waals surface area contributed by atoms with Crippen LogP contribution in [-0.4, -0.2) is 7.05 Å². The third kappa shape index (κ3) is 3.96. The molecule has 0 aliphatic rings. The molecule has 0 spiro atoms. The second kappa shape index (κ2) is 6.94. The van der Waals surface area contributed by atoms with Crippen molar-refractivity contribution in [3.8, 4) is 5.75 Å². The Balaban J connectivity index is 2.13. The number of hydrogen-bond acceptors (Lipinski definition) is 2. The Morgan fingerprint density at radius 2 is 1.95 bits per heavy atom. The fraction of sp³-hybridized carbons (Fsp3) is 0.200. The molecule has 0 saturated heterocycles. The highest BCUT2D eigenvalue weighted by molar-refractivity contribution is 9.10. The maximum atomic E-state index is 6.12. The first-order chi connectivity index (χ1) is 9.20. The molecule has 0 fully saturated rings. The summed E-state index contributed by atoms with van der Waals surface area (Å²) in [4.78, 5) is 0. The minimum absolute atomic E-state index is 0.470. The van der Waals surface area contributed by atoms with E-state index in [1.165, 1.54) is 0 Å². The lowest BCUT2D eigenvalue weighted by atomic mass is 10.2. The summed E-state index contributed by atoms with van der Waals surface area (Å²) in [6.07, 6.45) is 0. The second-order valence-electron chi connectivity index (χ2n) is 4.16. The van der Waals surface area contributed by atoms with Crippen LogP contribution in [0.15, 0.2) is 46.9 Å². The molecule has 1 N–H and O–H groups in total. The minimum Gasteiger partial charge on any atom is -0.489 e. The number of hydrogen-bond donors (Lipinski definition) is 1. The van der Waals surface area contributed by atoms with Gasteiger partial charge >= 0.3 is 0 Å². The standard InChI is InChI=1S/C15H15BrClNO/c1-18-9-12-8-13(16)6-7-15(12)19-10-11-4-2-3-5-14(11)17/h2-8,18H,9-10H2,1H3. The van der Waals surface area contributed by atoms with Crippen molar-refractivity contribution in [2.24, 2.45) is 0 Å². The summed E-state index contributed by atoms with van der Waals surface area (Å²) in [5.41, 5.74) is 2.10. The van der Waals surface area contributed by atoms with Crippen molar-refractivity contribution in [1.29, 1.82) is 0 Å². The summed E-state index contributed by atoms with van der Waals surface area (Å²) in [7, 11) is 1.92. The number of ether oxygens (including phenoxy) is 1. The largest absolute Gasteiger partial charge is 0.489 e. The van der Waals surface area contributed by atoms with E-state index >= 15 is 0 Å². The molecule has 0 atom stereocenters. The van der Waals surface area contributed by atoms with Crippen LogP contribution in [0.2, 0.25) is 5.02 Å². The van der Waals surface area contributed by atoms with Crippen LogP contribution in [0.3, 0.4) is 0 Å². The molecule has 0 unspecified atom stereocenters. The Kier molecular flexibility index (Phi) is 5.25. The molecule has 0 heterocycles. The summed E-state index contributed by atoms with van der Waals surface area (Å²) in [5.74, 6) is 0.873. The first-order valence-electron chi connectivity index (χ1n) is 6.00. The highest BCUT2D eigenvalue weighted by Gasteiger charge is 2.06. The first kappa shape index (κ1) is 14.4. The van der Waals surface area contributed by atoms with Crippen molar-refractivity contribution >= 4 is 27.5 Å². The molecule has 0 aliphatic heterocycles. The van der Waals surface area contributed by atoms with E-state index in [4.69, 9.17) is 16.3 Å². The molecule has 0 aliphatic carbocycles. The zero-order chi connectivity index (χ0) is 13.7. The van der Waals surface area contributed by atoms with E-state index in [2.05, 4.69) is 27.3 Å². The molecular weight excluding hydrogens is 326 g/mol. The van der Waals surface area contributed by atoms with E-state index in [0.29, 0.717) is 6.61 Å². The van der Waals surface area contributed by atoms with Gasteiger partial charge in [0, 0.05) is 27.2 Å². The van der Waals surface area contributed by atoms with Crippen molar-refractivity contribution < 1.29 is 4.74 Å². The molecule has 2 aromatic carbocycles. The smallest absolute Gasteiger partial charge is 0.124 e. The number of benzene rings is 2. The molecule has 2 aromatic rings. The summed E-state index contributed by atoms with van der Waals surface area (Å²) in [6, 6.07) is 13.7. The van der Waals surface area contributed by atoms with Crippen LogP contribution in [0.5, 0.6) is 5.75 Å². The van der Waals surface area contributed by atoms with E-state index < -0.39 is 0 Å². The van der Waals surface area contributed by atoms with E-state index in [1.807, 2.05) is 43.4 Å². The summed E-state index contributed by atoms with van der Waals surface area (Å²) in [5, 5.41) is 3.87. The van der Waals surface area contributed by atoms with Gasteiger partial charge in [0.25, 0.3) is 0 Å². The SMILES string of the molecule is CNCc1cc(Br)ccc1OCc1ccccc1Cl. The Bertz CT molecular complexity index is 560. The van der Waals surface area contributed by atoms with Gasteiger partial charge in [-0.1, -0.05) is 45.7 Å². The van der Waals surface area contributed by atoms with Gasteiger partial charge in [-0.2, -0.15) is 0 Å². The molecular formula is C15H15BrClNO. The molecule has 0 bridgehead atoms. The normalized spacial score (nSPS) is 10.5. The molecule has 2 rings (SSSR count). The Morgan fingerprint density at radius 1 is 1.16 bits per heavy atom. The zero-order valence-electron chi connectivity index (χ0n) is 10.6. The lowest BCUT2D eigenvalue weighted by Crippen LogP contribution is -2.07. The highest BCUT2D eigenvalue weighted by Crippen LogP contribution is 2.25. The van der Waals surface area contributed by atoms with Crippen LogP contribution in [0.4, 0.5) is 0 Å². The van der Waals surface area contributed by atoms with E-state index in [0.717, 1.165) is 32.9 Å². The van der Waals surface area contributed by atoms with Crippen molar-refractivity contribution in [3.05, 3.63) is 63.1 Å². The molecule has 100 valence electrons. The summed E-state index contributed by atoms with van der Waals surface area (Å²) >= 11 is 9.59. The average Bonchev–Trinajstić information content (AvgIpc) is 2.40. The maximum Gasteiger partial charge on any atom is 0.124 e. The van der Waals surface area contributed by atoms with Crippen LogP contribution in [-0.2, 0) is 13.2 Å². The monoisotopic (exact) mass is 339 g/mol. The molecule has 19 heavy (non-hydrogen) atoms. The van der Waals surface area contributed by atoms with Gasteiger partial charge in [0.05, 0.1) is 0 Å². The molecule has 0 radical (unpaired) electrons. The Labute approximate surface area is 126 Å². The molecule has 0 aromatic heterocycles. The molecule has 0 amide bonds. The van der Waals surface area contributed by atoms with Crippen molar-refractivity contribution in [1.82, 2.24) is 5.32 Å². The van der Waals surface area contributed by atoms with Gasteiger partial charge in [-0.15, -0.1) is 0 Å². The molecule has 2 nitrogen and oxygen atoms in total. The van der Waals surface area contributed by atoms with Gasteiger partial charge in [-0.25, -0.2) is 0 Å². The quantitative estimate of drug-likeness (QED) is 0.871. The van der Waals surface area contributed by atoms with Gasteiger partial charge in [0.1, 0.15) is 12.4 Å². The predicted molar refractivity (Wildman–Crippen MR) is 82.7 cm³/mol. The third-order valence-corrected chi connectivity index (χ3v) is 3.59. The van der Waals surface area contributed by atoms with Gasteiger partial charge in [0.2, 0.25) is 0 Å². The van der Waals surface area contributed by atoms with Crippen LogP contribution in [0.1, 0.15) is 11.1 Å². The second-order valence-corrected chi connectivity index (χ2v) is 5.49. The lowest BCUT2D eigenvalue weighted by Gasteiger charge is -2.12. The van der Waals surface area contributed by atoms with E-state index in [9.17, 15) is 0 Å². The predicted octanol–water partition coefficient (Wildman–Crippen LogP) is 4.40. The lowest BCUT2D eigenvalue weighted by molar-refractivity contribution is 0.302. The van der Waals surface area contributed by atoms with Gasteiger partial charge < -0.3 is 10.1 Å².